The van der Waals surface area contributed by atoms with Gasteiger partial charge in [0, 0.05) is 19.6 Å². The molecule has 0 aromatic rings. The fourth-order valence-electron chi connectivity index (χ4n) is 0.869. The summed E-state index contributed by atoms with van der Waals surface area (Å²) in [6.07, 6.45) is 0. The van der Waals surface area contributed by atoms with Crippen LogP contribution < -0.4 is 5.32 Å². The number of alkyl halides is 1. The SMILES string of the molecule is Cl.O=C(Cl)N1CCNCC1I. The minimum Gasteiger partial charge on any atom is -0.315 e. The van der Waals surface area contributed by atoms with Crippen molar-refractivity contribution in [2.45, 2.75) is 4.05 Å². The lowest BCUT2D eigenvalue weighted by Gasteiger charge is -2.30. The second-order valence-corrected chi connectivity index (χ2v) is 3.85. The minimum atomic E-state index is -0.346. The molecule has 11 heavy (non-hydrogen) atoms. The summed E-state index contributed by atoms with van der Waals surface area (Å²) in [5.41, 5.74) is 0. The van der Waals surface area contributed by atoms with Crippen molar-refractivity contribution in [1.29, 1.82) is 0 Å². The summed E-state index contributed by atoms with van der Waals surface area (Å²) in [7, 11) is 0. The van der Waals surface area contributed by atoms with Gasteiger partial charge in [0.15, 0.2) is 0 Å². The van der Waals surface area contributed by atoms with Gasteiger partial charge in [0.1, 0.15) is 0 Å². The van der Waals surface area contributed by atoms with Crippen LogP contribution in [0.15, 0.2) is 0 Å². The predicted molar refractivity (Wildman–Crippen MR) is 55.9 cm³/mol. The van der Waals surface area contributed by atoms with E-state index in [1.807, 2.05) is 0 Å². The maximum atomic E-state index is 10.7. The van der Waals surface area contributed by atoms with E-state index in [0.29, 0.717) is 0 Å². The van der Waals surface area contributed by atoms with Gasteiger partial charge < -0.3 is 10.2 Å². The Hall–Kier alpha value is 0.740. The lowest BCUT2D eigenvalue weighted by atomic mass is 10.4. The van der Waals surface area contributed by atoms with Crippen LogP contribution in [0.2, 0.25) is 0 Å². The number of hydrogen-bond acceptors (Lipinski definition) is 2. The van der Waals surface area contributed by atoms with Crippen molar-refractivity contribution < 1.29 is 4.79 Å². The van der Waals surface area contributed by atoms with Crippen molar-refractivity contribution in [2.75, 3.05) is 19.6 Å². The smallest absolute Gasteiger partial charge is 0.315 e. The number of halogens is 3. The normalized spacial score (nSPS) is 24.2. The number of hydrogen-bond donors (Lipinski definition) is 1. The fraction of sp³-hybridized carbons (Fsp3) is 0.800. The molecule has 1 aliphatic rings. The largest absolute Gasteiger partial charge is 0.317 e. The van der Waals surface area contributed by atoms with Crippen LogP contribution in [0.25, 0.3) is 0 Å². The molecule has 0 aromatic heterocycles. The Labute approximate surface area is 90.4 Å². The molecule has 1 atom stereocenters. The topological polar surface area (TPSA) is 32.3 Å². The van der Waals surface area contributed by atoms with E-state index in [9.17, 15) is 4.79 Å². The van der Waals surface area contributed by atoms with Crippen LogP contribution in [0.1, 0.15) is 0 Å². The number of amides is 1. The van der Waals surface area contributed by atoms with E-state index >= 15 is 0 Å². The molecule has 0 aromatic carbocycles. The molecule has 1 fully saturated rings. The van der Waals surface area contributed by atoms with E-state index in [0.717, 1.165) is 19.6 Å². The van der Waals surface area contributed by atoms with Crippen molar-refractivity contribution in [1.82, 2.24) is 10.2 Å². The molecule has 0 spiro atoms. The molecule has 66 valence electrons. The van der Waals surface area contributed by atoms with Crippen molar-refractivity contribution >= 4 is 52.0 Å². The van der Waals surface area contributed by atoms with Gasteiger partial charge in [-0.25, -0.2) is 0 Å². The van der Waals surface area contributed by atoms with Gasteiger partial charge in [0.2, 0.25) is 0 Å². The zero-order valence-electron chi connectivity index (χ0n) is 5.72. The number of piperazine rings is 1. The van der Waals surface area contributed by atoms with E-state index < -0.39 is 0 Å². The molecule has 3 nitrogen and oxygen atoms in total. The van der Waals surface area contributed by atoms with E-state index in [1.54, 1.807) is 4.90 Å². The molecule has 6 heteroatoms. The zero-order chi connectivity index (χ0) is 7.56. The van der Waals surface area contributed by atoms with Gasteiger partial charge in [-0.05, 0) is 11.6 Å². The van der Waals surface area contributed by atoms with E-state index in [4.69, 9.17) is 11.6 Å². The first-order chi connectivity index (χ1) is 4.72. The lowest BCUT2D eigenvalue weighted by molar-refractivity contribution is 0.210. The quantitative estimate of drug-likeness (QED) is 0.318. The van der Waals surface area contributed by atoms with Crippen molar-refractivity contribution in [3.05, 3.63) is 0 Å². The van der Waals surface area contributed by atoms with E-state index in [-0.39, 0.29) is 21.8 Å². The fourth-order valence-corrected chi connectivity index (χ4v) is 2.08. The van der Waals surface area contributed by atoms with Crippen molar-refractivity contribution in [2.24, 2.45) is 0 Å². The Morgan fingerprint density at radius 1 is 1.73 bits per heavy atom. The highest BCUT2D eigenvalue weighted by molar-refractivity contribution is 14.1. The predicted octanol–water partition coefficient (Wildman–Crippen LogP) is 1.43. The number of carbonyl (C=O) groups excluding carboxylic acids is 1. The van der Waals surface area contributed by atoms with Gasteiger partial charge in [-0.3, -0.25) is 4.79 Å². The van der Waals surface area contributed by atoms with Crippen LogP contribution in [-0.4, -0.2) is 33.9 Å². The summed E-state index contributed by atoms with van der Waals surface area (Å²) in [5.74, 6) is 0. The van der Waals surface area contributed by atoms with Gasteiger partial charge in [0.05, 0.1) is 4.05 Å². The summed E-state index contributed by atoms with van der Waals surface area (Å²) >= 11 is 7.50. The second-order valence-electron chi connectivity index (χ2n) is 2.08. The number of nitrogens with one attached hydrogen (secondary N) is 1. The highest BCUT2D eigenvalue weighted by Gasteiger charge is 2.22. The zero-order valence-corrected chi connectivity index (χ0v) is 9.45. The van der Waals surface area contributed by atoms with Crippen molar-refractivity contribution in [3.63, 3.8) is 0 Å². The maximum absolute atomic E-state index is 10.7. The third-order valence-corrected chi connectivity index (χ3v) is 2.74. The van der Waals surface area contributed by atoms with Crippen LogP contribution in [0, 0.1) is 0 Å². The average Bonchev–Trinajstić information content (AvgIpc) is 1.88. The highest BCUT2D eigenvalue weighted by atomic mass is 127. The summed E-state index contributed by atoms with van der Waals surface area (Å²) in [5, 5.41) is 2.81. The first-order valence-electron chi connectivity index (χ1n) is 3.02. The monoisotopic (exact) mass is 310 g/mol. The van der Waals surface area contributed by atoms with Crippen LogP contribution in [0.4, 0.5) is 4.79 Å². The van der Waals surface area contributed by atoms with Gasteiger partial charge in [-0.2, -0.15) is 0 Å². The molecule has 1 heterocycles. The van der Waals surface area contributed by atoms with Crippen LogP contribution >= 0.6 is 46.6 Å². The summed E-state index contributed by atoms with van der Waals surface area (Å²) in [6.45, 7) is 2.40. The standard InChI is InChI=1S/C5H8ClIN2O.ClH/c6-5(10)9-2-1-8-3-4(9)7;/h4,8H,1-3H2;1H. The Morgan fingerprint density at radius 2 is 2.36 bits per heavy atom. The van der Waals surface area contributed by atoms with Gasteiger partial charge in [-0.1, -0.05) is 22.6 Å². The molecule has 1 rings (SSSR count). The highest BCUT2D eigenvalue weighted by Crippen LogP contribution is 2.12. The Balaban J connectivity index is 0.000001000. The van der Waals surface area contributed by atoms with E-state index in [2.05, 4.69) is 27.9 Å². The number of nitrogens with zero attached hydrogens (tertiary/aromatic N) is 1. The van der Waals surface area contributed by atoms with E-state index in [1.165, 1.54) is 0 Å². The molecule has 1 amide bonds. The third-order valence-electron chi connectivity index (χ3n) is 1.41. The molecule has 0 radical (unpaired) electrons. The van der Waals surface area contributed by atoms with Gasteiger partial charge >= 0.3 is 5.37 Å². The van der Waals surface area contributed by atoms with Crippen LogP contribution in [-0.2, 0) is 0 Å². The molecule has 0 bridgehead atoms. The van der Waals surface area contributed by atoms with Gasteiger partial charge in [0.25, 0.3) is 0 Å². The average molecular weight is 311 g/mol. The summed E-state index contributed by atoms with van der Waals surface area (Å²) in [6, 6.07) is 0. The van der Waals surface area contributed by atoms with Crippen LogP contribution in [0.3, 0.4) is 0 Å². The van der Waals surface area contributed by atoms with Crippen LogP contribution in [0.5, 0.6) is 0 Å². The summed E-state index contributed by atoms with van der Waals surface area (Å²) in [4.78, 5) is 12.3. The first-order valence-corrected chi connectivity index (χ1v) is 4.65. The van der Waals surface area contributed by atoms with Gasteiger partial charge in [-0.15, -0.1) is 12.4 Å². The molecule has 1 saturated heterocycles. The summed E-state index contributed by atoms with van der Waals surface area (Å²) < 4.78 is 0.205. The Morgan fingerprint density at radius 3 is 2.73 bits per heavy atom. The molecule has 0 saturated carbocycles. The Kier molecular flexibility index (Phi) is 5.76. The molecule has 1 N–H and O–H groups in total. The second kappa shape index (κ2) is 5.40. The molecule has 0 aliphatic carbocycles. The van der Waals surface area contributed by atoms with Crippen molar-refractivity contribution in [3.8, 4) is 0 Å². The number of carbonyl (C=O) groups is 1. The Bertz CT molecular complexity index is 146. The number of rotatable bonds is 0. The molecular formula is C5H9Cl2IN2O. The first kappa shape index (κ1) is 11.7. The third kappa shape index (κ3) is 3.31. The lowest BCUT2D eigenvalue weighted by Crippen LogP contribution is -2.49. The molecule has 1 aliphatic heterocycles. The molecular weight excluding hydrogens is 302 g/mol. The maximum Gasteiger partial charge on any atom is 0.317 e. The minimum absolute atomic E-state index is 0. The molecule has 1 unspecified atom stereocenters.